The van der Waals surface area contributed by atoms with Crippen molar-refractivity contribution in [1.29, 1.82) is 0 Å². The molecular weight excluding hydrogens is 288 g/mol. The van der Waals surface area contributed by atoms with E-state index < -0.39 is 9.84 Å². The van der Waals surface area contributed by atoms with Gasteiger partial charge in [0.15, 0.2) is 15.4 Å². The van der Waals surface area contributed by atoms with E-state index in [0.29, 0.717) is 22.9 Å². The maximum Gasteiger partial charge on any atom is 0.212 e. The first kappa shape index (κ1) is 14.5. The fourth-order valence-corrected chi connectivity index (χ4v) is 3.63. The molecule has 0 aliphatic heterocycles. The Labute approximate surface area is 124 Å². The topological polar surface area (TPSA) is 86.2 Å². The highest BCUT2D eigenvalue weighted by Crippen LogP contribution is 2.33. The van der Waals surface area contributed by atoms with Gasteiger partial charge in [-0.25, -0.2) is 13.4 Å². The van der Waals surface area contributed by atoms with Crippen molar-refractivity contribution in [2.75, 3.05) is 6.26 Å². The van der Waals surface area contributed by atoms with Crippen LogP contribution in [-0.4, -0.2) is 19.7 Å². The van der Waals surface area contributed by atoms with Gasteiger partial charge in [0, 0.05) is 6.26 Å². The highest BCUT2D eigenvalue weighted by Gasteiger charge is 2.26. The number of hydrogen-bond acceptors (Lipinski definition) is 5. The Bertz CT molecular complexity index is 745. The first-order valence-electron chi connectivity index (χ1n) is 7.31. The third-order valence-electron chi connectivity index (χ3n) is 4.25. The average Bonchev–Trinajstić information content (AvgIpc) is 2.89. The number of fused-ring (bicyclic) bond motifs is 1. The minimum atomic E-state index is -3.24. The molecule has 1 saturated carbocycles. The van der Waals surface area contributed by atoms with Gasteiger partial charge < -0.3 is 10.2 Å². The van der Waals surface area contributed by atoms with Crippen LogP contribution in [0.25, 0.3) is 11.1 Å². The lowest BCUT2D eigenvalue weighted by Gasteiger charge is -2.25. The second kappa shape index (κ2) is 5.42. The first-order valence-corrected chi connectivity index (χ1v) is 9.20. The summed E-state index contributed by atoms with van der Waals surface area (Å²) >= 11 is 0. The lowest BCUT2D eigenvalue weighted by molar-refractivity contribution is 0.278. The minimum Gasteiger partial charge on any atom is -0.439 e. The van der Waals surface area contributed by atoms with Crippen molar-refractivity contribution in [3.05, 3.63) is 24.1 Å². The van der Waals surface area contributed by atoms with Crippen LogP contribution in [0, 0.1) is 5.92 Å². The smallest absolute Gasteiger partial charge is 0.212 e. The van der Waals surface area contributed by atoms with Gasteiger partial charge in [-0.1, -0.05) is 19.3 Å². The van der Waals surface area contributed by atoms with E-state index in [1.165, 1.54) is 25.5 Å². The molecule has 21 heavy (non-hydrogen) atoms. The number of sulfone groups is 1. The monoisotopic (exact) mass is 308 g/mol. The molecule has 0 amide bonds. The molecular formula is C15H20N2O3S. The van der Waals surface area contributed by atoms with Gasteiger partial charge in [-0.3, -0.25) is 0 Å². The molecule has 1 aliphatic rings. The Morgan fingerprint density at radius 3 is 2.67 bits per heavy atom. The highest BCUT2D eigenvalue weighted by molar-refractivity contribution is 7.90. The standard InChI is InChI=1S/C15H20N2O3S/c1-21(18,19)11-7-8-13-12(9-11)17-15(20-13)14(16)10-5-3-2-4-6-10/h7-10,14H,2-6,16H2,1H3. The maximum absolute atomic E-state index is 11.6. The summed E-state index contributed by atoms with van der Waals surface area (Å²) in [5, 5.41) is 0. The third kappa shape index (κ3) is 2.96. The van der Waals surface area contributed by atoms with Gasteiger partial charge in [0.1, 0.15) is 5.52 Å². The van der Waals surface area contributed by atoms with Crippen molar-refractivity contribution < 1.29 is 12.8 Å². The third-order valence-corrected chi connectivity index (χ3v) is 5.36. The van der Waals surface area contributed by atoms with Crippen molar-refractivity contribution in [2.24, 2.45) is 11.7 Å². The molecule has 6 heteroatoms. The summed E-state index contributed by atoms with van der Waals surface area (Å²) in [6.07, 6.45) is 7.08. The molecule has 1 heterocycles. The predicted molar refractivity (Wildman–Crippen MR) is 80.6 cm³/mol. The van der Waals surface area contributed by atoms with Crippen LogP contribution in [0.2, 0.25) is 0 Å². The summed E-state index contributed by atoms with van der Waals surface area (Å²) in [6, 6.07) is 4.53. The largest absolute Gasteiger partial charge is 0.439 e. The van der Waals surface area contributed by atoms with E-state index in [9.17, 15) is 8.42 Å². The van der Waals surface area contributed by atoms with E-state index in [1.807, 2.05) is 0 Å². The molecule has 1 fully saturated rings. The van der Waals surface area contributed by atoms with Gasteiger partial charge >= 0.3 is 0 Å². The number of hydrogen-bond donors (Lipinski definition) is 1. The van der Waals surface area contributed by atoms with E-state index in [2.05, 4.69) is 4.98 Å². The Kier molecular flexibility index (Phi) is 3.75. The summed E-state index contributed by atoms with van der Waals surface area (Å²) in [6.45, 7) is 0. The summed E-state index contributed by atoms with van der Waals surface area (Å²) < 4.78 is 28.9. The molecule has 0 spiro atoms. The minimum absolute atomic E-state index is 0.209. The van der Waals surface area contributed by atoms with Crippen molar-refractivity contribution in [3.63, 3.8) is 0 Å². The van der Waals surface area contributed by atoms with Crippen LogP contribution in [0.15, 0.2) is 27.5 Å². The maximum atomic E-state index is 11.6. The first-order chi connectivity index (χ1) is 9.95. The zero-order valence-electron chi connectivity index (χ0n) is 12.1. The Balaban J connectivity index is 1.93. The van der Waals surface area contributed by atoms with Gasteiger partial charge in [0.05, 0.1) is 10.9 Å². The summed E-state index contributed by atoms with van der Waals surface area (Å²) in [4.78, 5) is 4.66. The predicted octanol–water partition coefficient (Wildman–Crippen LogP) is 2.81. The summed E-state index contributed by atoms with van der Waals surface area (Å²) in [5.74, 6) is 0.920. The fraction of sp³-hybridized carbons (Fsp3) is 0.533. The van der Waals surface area contributed by atoms with Crippen LogP contribution in [0.3, 0.4) is 0 Å². The van der Waals surface area contributed by atoms with Crippen LogP contribution < -0.4 is 5.73 Å². The molecule has 1 aromatic heterocycles. The van der Waals surface area contributed by atoms with Crippen LogP contribution in [0.1, 0.15) is 44.0 Å². The molecule has 2 N–H and O–H groups in total. The Morgan fingerprint density at radius 2 is 2.00 bits per heavy atom. The van der Waals surface area contributed by atoms with Crippen LogP contribution in [0.5, 0.6) is 0 Å². The number of benzene rings is 1. The van der Waals surface area contributed by atoms with Gasteiger partial charge in [-0.15, -0.1) is 0 Å². The zero-order chi connectivity index (χ0) is 15.0. The Morgan fingerprint density at radius 1 is 1.29 bits per heavy atom. The molecule has 0 saturated heterocycles. The van der Waals surface area contributed by atoms with Gasteiger partial charge in [-0.05, 0) is 37.0 Å². The van der Waals surface area contributed by atoms with E-state index in [0.717, 1.165) is 12.8 Å². The molecule has 1 atom stereocenters. The molecule has 0 radical (unpaired) electrons. The average molecular weight is 308 g/mol. The lowest BCUT2D eigenvalue weighted by Crippen LogP contribution is -2.23. The van der Waals surface area contributed by atoms with Gasteiger partial charge in [0.25, 0.3) is 0 Å². The highest BCUT2D eigenvalue weighted by atomic mass is 32.2. The van der Waals surface area contributed by atoms with E-state index in [-0.39, 0.29) is 10.9 Å². The van der Waals surface area contributed by atoms with Crippen LogP contribution in [0.4, 0.5) is 0 Å². The van der Waals surface area contributed by atoms with Gasteiger partial charge in [0.2, 0.25) is 5.89 Å². The zero-order valence-corrected chi connectivity index (χ0v) is 12.9. The molecule has 3 rings (SSSR count). The summed E-state index contributed by atoms with van der Waals surface area (Å²) in [5.41, 5.74) is 7.42. The molecule has 0 bridgehead atoms. The van der Waals surface area contributed by atoms with E-state index in [4.69, 9.17) is 10.2 Å². The molecule has 1 aromatic carbocycles. The van der Waals surface area contributed by atoms with E-state index in [1.54, 1.807) is 18.2 Å². The second-order valence-corrected chi connectivity index (χ2v) is 7.89. The second-order valence-electron chi connectivity index (χ2n) is 5.88. The SMILES string of the molecule is CS(=O)(=O)c1ccc2oc(C(N)C3CCCCC3)nc2c1. The van der Waals surface area contributed by atoms with E-state index >= 15 is 0 Å². The van der Waals surface area contributed by atoms with Crippen molar-refractivity contribution >= 4 is 20.9 Å². The van der Waals surface area contributed by atoms with Crippen molar-refractivity contribution in [3.8, 4) is 0 Å². The molecule has 1 aliphatic carbocycles. The quantitative estimate of drug-likeness (QED) is 0.942. The van der Waals surface area contributed by atoms with Crippen molar-refractivity contribution in [2.45, 2.75) is 43.0 Å². The molecule has 114 valence electrons. The molecule has 1 unspecified atom stereocenters. The van der Waals surface area contributed by atoms with Crippen LogP contribution in [-0.2, 0) is 9.84 Å². The van der Waals surface area contributed by atoms with Gasteiger partial charge in [-0.2, -0.15) is 0 Å². The normalized spacial score (nSPS) is 19.0. The summed E-state index contributed by atoms with van der Waals surface area (Å²) in [7, 11) is -3.24. The number of rotatable bonds is 3. The number of aromatic nitrogens is 1. The fourth-order valence-electron chi connectivity index (χ4n) is 2.99. The number of nitrogens with zero attached hydrogens (tertiary/aromatic N) is 1. The molecule has 2 aromatic rings. The van der Waals surface area contributed by atoms with Crippen LogP contribution >= 0.6 is 0 Å². The van der Waals surface area contributed by atoms with Crippen molar-refractivity contribution in [1.82, 2.24) is 4.98 Å². The lowest BCUT2D eigenvalue weighted by atomic mass is 9.84. The Hall–Kier alpha value is -1.40. The number of nitrogens with two attached hydrogens (primary N) is 1. The molecule has 5 nitrogen and oxygen atoms in total. The number of oxazole rings is 1.